The van der Waals surface area contributed by atoms with Gasteiger partial charge in [-0.1, -0.05) is 30.3 Å². The van der Waals surface area contributed by atoms with Gasteiger partial charge in [0, 0.05) is 20.1 Å². The summed E-state index contributed by atoms with van der Waals surface area (Å²) in [5.41, 5.74) is 1.35. The van der Waals surface area contributed by atoms with Gasteiger partial charge in [-0.05, 0) is 38.4 Å². The van der Waals surface area contributed by atoms with Gasteiger partial charge in [0.15, 0.2) is 5.96 Å². The fourth-order valence-electron chi connectivity index (χ4n) is 3.33. The molecule has 7 nitrogen and oxygen atoms in total. The lowest BCUT2D eigenvalue weighted by molar-refractivity contribution is 0.245. The lowest BCUT2D eigenvalue weighted by Crippen LogP contribution is -2.42. The molecule has 2 aromatic rings. The zero-order valence-electron chi connectivity index (χ0n) is 16.1. The summed E-state index contributed by atoms with van der Waals surface area (Å²) in [6.07, 6.45) is 4.12. The second-order valence-corrected chi connectivity index (χ2v) is 6.55. The summed E-state index contributed by atoms with van der Waals surface area (Å²) >= 11 is 0. The molecule has 0 spiro atoms. The smallest absolute Gasteiger partial charge is 0.191 e. The van der Waals surface area contributed by atoms with Gasteiger partial charge >= 0.3 is 0 Å². The molecule has 1 fully saturated rings. The van der Waals surface area contributed by atoms with Gasteiger partial charge in [-0.3, -0.25) is 9.58 Å². The minimum Gasteiger partial charge on any atom is -0.357 e. The number of benzene rings is 1. The number of hydrogen-bond acceptors (Lipinski definition) is 4. The molecule has 1 aromatic heterocycles. The van der Waals surface area contributed by atoms with Crippen molar-refractivity contribution in [3.63, 3.8) is 0 Å². The molecule has 0 aliphatic carbocycles. The molecule has 1 atom stereocenters. The first-order valence-electron chi connectivity index (χ1n) is 9.42. The average molecular weight is 483 g/mol. The number of aliphatic imine (C=N–C) groups is 1. The quantitative estimate of drug-likeness (QED) is 0.360. The Balaban J connectivity index is 0.00000261. The van der Waals surface area contributed by atoms with Gasteiger partial charge in [-0.2, -0.15) is 5.10 Å². The number of nitrogens with one attached hydrogen (secondary N) is 2. The molecule has 0 saturated carbocycles. The molecular formula is C19H30IN7. The van der Waals surface area contributed by atoms with Crippen LogP contribution in [0.1, 0.15) is 37.2 Å². The molecule has 1 saturated heterocycles. The molecule has 8 heteroatoms. The summed E-state index contributed by atoms with van der Waals surface area (Å²) in [6, 6.07) is 11.1. The number of halogens is 1. The van der Waals surface area contributed by atoms with E-state index in [0.29, 0.717) is 12.6 Å². The van der Waals surface area contributed by atoms with Crippen LogP contribution >= 0.6 is 24.0 Å². The Hall–Kier alpha value is -1.68. The summed E-state index contributed by atoms with van der Waals surface area (Å²) in [5, 5.41) is 10.9. The molecule has 1 unspecified atom stereocenters. The molecule has 1 aliphatic heterocycles. The zero-order valence-corrected chi connectivity index (χ0v) is 18.5. The lowest BCUT2D eigenvalue weighted by Gasteiger charge is -2.29. The van der Waals surface area contributed by atoms with Crippen LogP contribution in [0.25, 0.3) is 0 Å². The molecular weight excluding hydrogens is 453 g/mol. The molecule has 1 aromatic carbocycles. The van der Waals surface area contributed by atoms with E-state index in [2.05, 4.69) is 67.9 Å². The van der Waals surface area contributed by atoms with E-state index in [1.54, 1.807) is 11.0 Å². The first-order valence-corrected chi connectivity index (χ1v) is 9.42. The topological polar surface area (TPSA) is 70.4 Å². The normalized spacial score (nSPS) is 16.0. The molecule has 2 heterocycles. The SMILES string of the molecule is CCNC(=NCc1ncnn1C)NCC(c1ccccc1)N1CCCC1.I. The minimum atomic E-state index is 0. The standard InChI is InChI=1S/C19H29N7.HI/c1-3-20-19(22-14-18-23-15-24-25(18)2)21-13-17(26-11-7-8-12-26)16-9-5-4-6-10-16;/h4-6,9-10,15,17H,3,7-8,11-14H2,1-2H3,(H2,20,21,22);1H. The molecule has 1 aliphatic rings. The summed E-state index contributed by atoms with van der Waals surface area (Å²) in [5.74, 6) is 1.66. The largest absolute Gasteiger partial charge is 0.357 e. The van der Waals surface area contributed by atoms with Crippen molar-refractivity contribution in [1.29, 1.82) is 0 Å². The highest BCUT2D eigenvalue weighted by Gasteiger charge is 2.23. The van der Waals surface area contributed by atoms with Crippen LogP contribution in [0.3, 0.4) is 0 Å². The predicted molar refractivity (Wildman–Crippen MR) is 119 cm³/mol. The molecule has 3 rings (SSSR count). The maximum atomic E-state index is 4.66. The zero-order chi connectivity index (χ0) is 18.2. The average Bonchev–Trinajstić information content (AvgIpc) is 3.33. The van der Waals surface area contributed by atoms with Crippen LogP contribution in [-0.2, 0) is 13.6 Å². The second-order valence-electron chi connectivity index (χ2n) is 6.55. The van der Waals surface area contributed by atoms with Crippen molar-refractivity contribution in [3.8, 4) is 0 Å². The number of hydrogen-bond donors (Lipinski definition) is 2. The highest BCUT2D eigenvalue weighted by Crippen LogP contribution is 2.24. The first kappa shape index (κ1) is 21.6. The van der Waals surface area contributed by atoms with Crippen LogP contribution in [0.2, 0.25) is 0 Å². The van der Waals surface area contributed by atoms with Crippen molar-refractivity contribution in [2.24, 2.45) is 12.0 Å². The van der Waals surface area contributed by atoms with Gasteiger partial charge in [0.25, 0.3) is 0 Å². The fraction of sp³-hybridized carbons (Fsp3) is 0.526. The summed E-state index contributed by atoms with van der Waals surface area (Å²) < 4.78 is 1.75. The van der Waals surface area contributed by atoms with Gasteiger partial charge in [-0.15, -0.1) is 24.0 Å². The van der Waals surface area contributed by atoms with Gasteiger partial charge in [0.1, 0.15) is 18.7 Å². The Kier molecular flexibility index (Phi) is 8.99. The highest BCUT2D eigenvalue weighted by molar-refractivity contribution is 14.0. The molecule has 148 valence electrons. The Labute approximate surface area is 178 Å². The van der Waals surface area contributed by atoms with Gasteiger partial charge in [0.05, 0.1) is 6.04 Å². The van der Waals surface area contributed by atoms with E-state index in [0.717, 1.165) is 38.0 Å². The Morgan fingerprint density at radius 3 is 2.56 bits per heavy atom. The third-order valence-corrected chi connectivity index (χ3v) is 4.76. The molecule has 0 amide bonds. The second kappa shape index (κ2) is 11.2. The van der Waals surface area contributed by atoms with Gasteiger partial charge in [0.2, 0.25) is 0 Å². The van der Waals surface area contributed by atoms with E-state index < -0.39 is 0 Å². The number of guanidine groups is 1. The Morgan fingerprint density at radius 2 is 1.93 bits per heavy atom. The van der Waals surface area contributed by atoms with Crippen molar-refractivity contribution in [3.05, 3.63) is 48.0 Å². The monoisotopic (exact) mass is 483 g/mol. The maximum absolute atomic E-state index is 4.66. The molecule has 2 N–H and O–H groups in total. The fourth-order valence-corrected chi connectivity index (χ4v) is 3.33. The summed E-state index contributed by atoms with van der Waals surface area (Å²) in [4.78, 5) is 11.5. The van der Waals surface area contributed by atoms with Crippen molar-refractivity contribution in [2.75, 3.05) is 26.2 Å². The first-order chi connectivity index (χ1) is 12.8. The molecule has 0 bridgehead atoms. The number of nitrogens with zero attached hydrogens (tertiary/aromatic N) is 5. The van der Waals surface area contributed by atoms with Gasteiger partial charge < -0.3 is 10.6 Å². The third-order valence-electron chi connectivity index (χ3n) is 4.76. The number of rotatable bonds is 7. The predicted octanol–water partition coefficient (Wildman–Crippen LogP) is 2.33. The minimum absolute atomic E-state index is 0. The molecule has 0 radical (unpaired) electrons. The van der Waals surface area contributed by atoms with Gasteiger partial charge in [-0.25, -0.2) is 9.98 Å². The van der Waals surface area contributed by atoms with Crippen LogP contribution < -0.4 is 10.6 Å². The number of aryl methyl sites for hydroxylation is 1. The third kappa shape index (κ3) is 6.17. The summed E-state index contributed by atoms with van der Waals surface area (Å²) in [7, 11) is 1.89. The maximum Gasteiger partial charge on any atom is 0.191 e. The Morgan fingerprint density at radius 1 is 1.19 bits per heavy atom. The molecule has 27 heavy (non-hydrogen) atoms. The van der Waals surface area contributed by atoms with Crippen LogP contribution in [-0.4, -0.2) is 51.8 Å². The Bertz CT molecular complexity index is 695. The van der Waals surface area contributed by atoms with E-state index in [1.165, 1.54) is 18.4 Å². The van der Waals surface area contributed by atoms with Crippen molar-refractivity contribution >= 4 is 29.9 Å². The number of aromatic nitrogens is 3. The van der Waals surface area contributed by atoms with Crippen LogP contribution in [0, 0.1) is 0 Å². The van der Waals surface area contributed by atoms with Crippen LogP contribution in [0.5, 0.6) is 0 Å². The van der Waals surface area contributed by atoms with E-state index in [4.69, 9.17) is 0 Å². The van der Waals surface area contributed by atoms with Crippen LogP contribution in [0.15, 0.2) is 41.7 Å². The van der Waals surface area contributed by atoms with E-state index in [1.807, 2.05) is 7.05 Å². The van der Waals surface area contributed by atoms with E-state index in [9.17, 15) is 0 Å². The highest BCUT2D eigenvalue weighted by atomic mass is 127. The van der Waals surface area contributed by atoms with E-state index >= 15 is 0 Å². The van der Waals surface area contributed by atoms with E-state index in [-0.39, 0.29) is 24.0 Å². The van der Waals surface area contributed by atoms with Crippen molar-refractivity contribution in [2.45, 2.75) is 32.4 Å². The lowest BCUT2D eigenvalue weighted by atomic mass is 10.1. The summed E-state index contributed by atoms with van der Waals surface area (Å²) in [6.45, 7) is 6.56. The van der Waals surface area contributed by atoms with Crippen LogP contribution in [0.4, 0.5) is 0 Å². The van der Waals surface area contributed by atoms with Crippen molar-refractivity contribution in [1.82, 2.24) is 30.3 Å². The van der Waals surface area contributed by atoms with Crippen molar-refractivity contribution < 1.29 is 0 Å². The number of likely N-dealkylation sites (tertiary alicyclic amines) is 1.